The summed E-state index contributed by atoms with van der Waals surface area (Å²) in [5.41, 5.74) is 5.77. The molecule has 78 valence electrons. The monoisotopic (exact) mass is 205 g/mol. The van der Waals surface area contributed by atoms with E-state index in [1.807, 2.05) is 0 Å². The fourth-order valence-corrected chi connectivity index (χ4v) is 1.17. The molecule has 1 atom stereocenters. The Hall–Kier alpha value is -1.88. The van der Waals surface area contributed by atoms with E-state index in [9.17, 15) is 0 Å². The molecule has 15 heavy (non-hydrogen) atoms. The first-order valence-corrected chi connectivity index (χ1v) is 4.55. The summed E-state index contributed by atoms with van der Waals surface area (Å²) in [4.78, 5) is 4.13. The maximum Gasteiger partial charge on any atom is 0.244 e. The zero-order valence-corrected chi connectivity index (χ0v) is 8.09. The van der Waals surface area contributed by atoms with E-state index in [0.717, 1.165) is 0 Å². The minimum Gasteiger partial charge on any atom is -0.461 e. The summed E-state index contributed by atoms with van der Waals surface area (Å²) in [7, 11) is 0. The molecule has 2 aromatic rings. The molecule has 2 rings (SSSR count). The molecule has 0 fully saturated rings. The molecule has 0 radical (unpaired) electrons. The first-order valence-electron chi connectivity index (χ1n) is 4.55. The van der Waals surface area contributed by atoms with Crippen LogP contribution in [0.1, 0.15) is 18.4 Å². The second kappa shape index (κ2) is 4.10. The third kappa shape index (κ3) is 1.97. The van der Waals surface area contributed by atoms with Crippen molar-refractivity contribution in [1.82, 2.24) is 10.1 Å². The Kier molecular flexibility index (Phi) is 2.64. The number of rotatable bonds is 4. The molecule has 0 aromatic carbocycles. The topological polar surface area (TPSA) is 78.1 Å². The van der Waals surface area contributed by atoms with Gasteiger partial charge in [0.1, 0.15) is 0 Å². The van der Waals surface area contributed by atoms with Gasteiger partial charge >= 0.3 is 0 Å². The summed E-state index contributed by atoms with van der Waals surface area (Å²) in [6.45, 7) is 3.59. The Morgan fingerprint density at radius 1 is 1.60 bits per heavy atom. The Morgan fingerprint density at radius 2 is 2.47 bits per heavy atom. The van der Waals surface area contributed by atoms with Gasteiger partial charge in [-0.1, -0.05) is 11.2 Å². The largest absolute Gasteiger partial charge is 0.461 e. The van der Waals surface area contributed by atoms with Crippen LogP contribution in [0.3, 0.4) is 0 Å². The molecule has 0 bridgehead atoms. The van der Waals surface area contributed by atoms with E-state index in [1.54, 1.807) is 24.5 Å². The molecular weight excluding hydrogens is 194 g/mol. The Labute approximate surface area is 86.6 Å². The molecule has 0 amide bonds. The van der Waals surface area contributed by atoms with Gasteiger partial charge in [-0.2, -0.15) is 4.98 Å². The second-order valence-electron chi connectivity index (χ2n) is 3.06. The lowest BCUT2D eigenvalue weighted by Crippen LogP contribution is -2.09. The maximum absolute atomic E-state index is 5.77. The second-order valence-corrected chi connectivity index (χ2v) is 3.06. The van der Waals surface area contributed by atoms with Crippen LogP contribution < -0.4 is 5.73 Å². The van der Waals surface area contributed by atoms with Gasteiger partial charge in [-0.05, 0) is 18.6 Å². The fraction of sp³-hybridized carbons (Fsp3) is 0.200. The molecule has 0 saturated heterocycles. The summed E-state index contributed by atoms with van der Waals surface area (Å²) in [5.74, 6) is 1.37. The minimum absolute atomic E-state index is 0.307. The normalized spacial score (nSPS) is 12.6. The third-order valence-electron chi connectivity index (χ3n) is 1.92. The molecule has 0 aliphatic heterocycles. The van der Waals surface area contributed by atoms with Crippen LogP contribution in [-0.4, -0.2) is 10.1 Å². The van der Waals surface area contributed by atoms with Crippen LogP contribution in [-0.2, 0) is 0 Å². The van der Waals surface area contributed by atoms with Crippen molar-refractivity contribution in [2.24, 2.45) is 5.73 Å². The van der Waals surface area contributed by atoms with E-state index < -0.39 is 0 Å². The zero-order chi connectivity index (χ0) is 10.7. The highest BCUT2D eigenvalue weighted by Crippen LogP contribution is 2.19. The van der Waals surface area contributed by atoms with Crippen molar-refractivity contribution in [3.05, 3.63) is 36.9 Å². The van der Waals surface area contributed by atoms with Gasteiger partial charge in [0.2, 0.25) is 11.7 Å². The Morgan fingerprint density at radius 3 is 3.13 bits per heavy atom. The molecule has 0 spiro atoms. The fourth-order valence-electron chi connectivity index (χ4n) is 1.17. The van der Waals surface area contributed by atoms with Gasteiger partial charge in [-0.15, -0.1) is 6.58 Å². The van der Waals surface area contributed by atoms with Gasteiger partial charge in [0, 0.05) is 0 Å². The van der Waals surface area contributed by atoms with Gasteiger partial charge in [0.15, 0.2) is 5.76 Å². The molecule has 5 heteroatoms. The van der Waals surface area contributed by atoms with E-state index in [1.165, 1.54) is 0 Å². The van der Waals surface area contributed by atoms with Crippen molar-refractivity contribution in [3.8, 4) is 11.6 Å². The summed E-state index contributed by atoms with van der Waals surface area (Å²) < 4.78 is 10.1. The van der Waals surface area contributed by atoms with Crippen LogP contribution in [0.2, 0.25) is 0 Å². The lowest BCUT2D eigenvalue weighted by Gasteiger charge is -1.99. The van der Waals surface area contributed by atoms with E-state index in [2.05, 4.69) is 16.7 Å². The van der Waals surface area contributed by atoms with E-state index in [4.69, 9.17) is 14.7 Å². The Balaban J connectivity index is 2.20. The highest BCUT2D eigenvalue weighted by molar-refractivity contribution is 5.44. The first kappa shape index (κ1) is 9.67. The van der Waals surface area contributed by atoms with Crippen LogP contribution in [0.5, 0.6) is 0 Å². The summed E-state index contributed by atoms with van der Waals surface area (Å²) in [6.07, 6.45) is 3.86. The predicted octanol–water partition coefficient (Wildman–Crippen LogP) is 1.91. The first-order chi connectivity index (χ1) is 7.31. The lowest BCUT2D eigenvalue weighted by molar-refractivity contribution is 0.355. The number of aromatic nitrogens is 2. The van der Waals surface area contributed by atoms with Gasteiger partial charge in [0.25, 0.3) is 0 Å². The van der Waals surface area contributed by atoms with Crippen molar-refractivity contribution >= 4 is 0 Å². The molecule has 5 nitrogen and oxygen atoms in total. The van der Waals surface area contributed by atoms with E-state index in [0.29, 0.717) is 23.9 Å². The predicted molar refractivity (Wildman–Crippen MR) is 53.7 cm³/mol. The van der Waals surface area contributed by atoms with Gasteiger partial charge < -0.3 is 14.7 Å². The third-order valence-corrected chi connectivity index (χ3v) is 1.92. The lowest BCUT2D eigenvalue weighted by atomic mass is 10.2. The Bertz CT molecular complexity index is 433. The molecular formula is C10H11N3O2. The quantitative estimate of drug-likeness (QED) is 0.771. The molecule has 2 heterocycles. The smallest absolute Gasteiger partial charge is 0.244 e. The highest BCUT2D eigenvalue weighted by atomic mass is 16.5. The van der Waals surface area contributed by atoms with Crippen LogP contribution in [0.15, 0.2) is 40.0 Å². The highest BCUT2D eigenvalue weighted by Gasteiger charge is 2.15. The molecule has 0 saturated carbocycles. The average Bonchev–Trinajstić information content (AvgIpc) is 2.89. The van der Waals surface area contributed by atoms with Crippen LogP contribution in [0.4, 0.5) is 0 Å². The van der Waals surface area contributed by atoms with Crippen LogP contribution >= 0.6 is 0 Å². The van der Waals surface area contributed by atoms with E-state index in [-0.39, 0.29) is 6.04 Å². The number of hydrogen-bond acceptors (Lipinski definition) is 5. The van der Waals surface area contributed by atoms with E-state index >= 15 is 0 Å². The van der Waals surface area contributed by atoms with Crippen molar-refractivity contribution in [2.45, 2.75) is 12.5 Å². The average molecular weight is 205 g/mol. The van der Waals surface area contributed by atoms with Crippen molar-refractivity contribution in [3.63, 3.8) is 0 Å². The van der Waals surface area contributed by atoms with Gasteiger partial charge in [-0.3, -0.25) is 0 Å². The zero-order valence-electron chi connectivity index (χ0n) is 8.09. The summed E-state index contributed by atoms with van der Waals surface area (Å²) in [5, 5.41) is 3.77. The van der Waals surface area contributed by atoms with Crippen molar-refractivity contribution < 1.29 is 8.94 Å². The molecule has 2 N–H and O–H groups in total. The number of hydrogen-bond donors (Lipinski definition) is 1. The molecule has 0 aliphatic rings. The van der Waals surface area contributed by atoms with Crippen molar-refractivity contribution in [1.29, 1.82) is 0 Å². The number of furan rings is 1. The molecule has 0 aliphatic carbocycles. The number of nitrogens with zero attached hydrogens (tertiary/aromatic N) is 2. The maximum atomic E-state index is 5.77. The molecule has 1 unspecified atom stereocenters. The summed E-state index contributed by atoms with van der Waals surface area (Å²) in [6, 6.07) is 3.21. The van der Waals surface area contributed by atoms with Crippen LogP contribution in [0.25, 0.3) is 11.6 Å². The van der Waals surface area contributed by atoms with Crippen LogP contribution in [0, 0.1) is 0 Å². The minimum atomic E-state index is -0.307. The standard InChI is InChI=1S/C10H11N3O2/c1-2-4-7(11)10-12-9(13-15-10)8-5-3-6-14-8/h2-3,5-7H,1,4,11H2. The van der Waals surface area contributed by atoms with Gasteiger partial charge in [0.05, 0.1) is 12.3 Å². The summed E-state index contributed by atoms with van der Waals surface area (Å²) >= 11 is 0. The van der Waals surface area contributed by atoms with Crippen molar-refractivity contribution in [2.75, 3.05) is 0 Å². The van der Waals surface area contributed by atoms with Gasteiger partial charge in [-0.25, -0.2) is 0 Å². The SMILES string of the molecule is C=CCC(N)c1nc(-c2ccco2)no1. The molecule has 2 aromatic heterocycles. The number of nitrogens with two attached hydrogens (primary N) is 1.